The summed E-state index contributed by atoms with van der Waals surface area (Å²) in [6.07, 6.45) is 1.02. The number of para-hydroxylation sites is 1. The summed E-state index contributed by atoms with van der Waals surface area (Å²) in [5.41, 5.74) is 0.652. The first-order valence-corrected chi connectivity index (χ1v) is 8.57. The van der Waals surface area contributed by atoms with Crippen molar-refractivity contribution in [3.8, 4) is 5.75 Å². The number of nitrogens with one attached hydrogen (secondary N) is 2. The molecule has 0 fully saturated rings. The number of ether oxygens (including phenoxy) is 1. The average molecular weight is 356 g/mol. The summed E-state index contributed by atoms with van der Waals surface area (Å²) >= 11 is 0. The van der Waals surface area contributed by atoms with Crippen LogP contribution in [0.1, 0.15) is 10.4 Å². The summed E-state index contributed by atoms with van der Waals surface area (Å²) in [7, 11) is -3.40. The molecule has 9 heteroatoms. The highest BCUT2D eigenvalue weighted by Gasteiger charge is 2.15. The normalized spacial score (nSPS) is 11.2. The Bertz CT molecular complexity index is 824. The molecule has 6 nitrogen and oxygen atoms in total. The van der Waals surface area contributed by atoms with Crippen molar-refractivity contribution in [2.24, 2.45) is 0 Å². The van der Waals surface area contributed by atoms with Gasteiger partial charge in [0.25, 0.3) is 5.91 Å². The Kier molecular flexibility index (Phi) is 5.35. The van der Waals surface area contributed by atoms with Crippen LogP contribution in [0.3, 0.4) is 0 Å². The molecule has 0 aromatic heterocycles. The van der Waals surface area contributed by atoms with Gasteiger partial charge in [0.05, 0.1) is 11.8 Å². The minimum atomic E-state index is -3.40. The highest BCUT2D eigenvalue weighted by Crippen LogP contribution is 2.22. The molecule has 2 aromatic rings. The predicted molar refractivity (Wildman–Crippen MR) is 85.9 cm³/mol. The van der Waals surface area contributed by atoms with E-state index in [1.807, 2.05) is 0 Å². The Labute approximate surface area is 137 Å². The second kappa shape index (κ2) is 7.26. The molecule has 24 heavy (non-hydrogen) atoms. The van der Waals surface area contributed by atoms with Gasteiger partial charge in [0.1, 0.15) is 5.75 Å². The Balaban J connectivity index is 2.13. The van der Waals surface area contributed by atoms with Gasteiger partial charge < -0.3 is 10.1 Å². The van der Waals surface area contributed by atoms with Gasteiger partial charge in [-0.2, -0.15) is 8.78 Å². The minimum absolute atomic E-state index is 0.0452. The number of rotatable bonds is 6. The van der Waals surface area contributed by atoms with Crippen molar-refractivity contribution in [1.82, 2.24) is 0 Å². The molecule has 0 spiro atoms. The van der Waals surface area contributed by atoms with E-state index in [1.54, 1.807) is 0 Å². The number of halogens is 2. The number of carbonyl (C=O) groups excluding carboxylic acids is 1. The van der Waals surface area contributed by atoms with Crippen molar-refractivity contribution in [3.05, 3.63) is 54.1 Å². The zero-order chi connectivity index (χ0) is 17.7. The third-order valence-electron chi connectivity index (χ3n) is 2.79. The van der Waals surface area contributed by atoms with E-state index in [9.17, 15) is 22.0 Å². The molecule has 0 bridgehead atoms. The first-order valence-electron chi connectivity index (χ1n) is 6.67. The van der Waals surface area contributed by atoms with Crippen LogP contribution in [0.2, 0.25) is 0 Å². The van der Waals surface area contributed by atoms with Crippen LogP contribution in [0, 0.1) is 0 Å². The molecule has 0 saturated carbocycles. The molecular weight excluding hydrogens is 342 g/mol. The Morgan fingerprint density at radius 3 is 2.21 bits per heavy atom. The van der Waals surface area contributed by atoms with Crippen molar-refractivity contribution in [1.29, 1.82) is 0 Å². The molecule has 0 radical (unpaired) electrons. The van der Waals surface area contributed by atoms with Crippen LogP contribution in [0.25, 0.3) is 0 Å². The molecule has 2 aromatic carbocycles. The third kappa shape index (κ3) is 5.20. The van der Waals surface area contributed by atoms with Crippen LogP contribution >= 0.6 is 0 Å². The fraction of sp³-hybridized carbons (Fsp3) is 0.133. The van der Waals surface area contributed by atoms with E-state index >= 15 is 0 Å². The number of sulfonamides is 1. The summed E-state index contributed by atoms with van der Waals surface area (Å²) in [5, 5.41) is 2.52. The lowest BCUT2D eigenvalue weighted by Gasteiger charge is -2.11. The van der Waals surface area contributed by atoms with Gasteiger partial charge in [0.2, 0.25) is 10.0 Å². The molecule has 2 rings (SSSR count). The van der Waals surface area contributed by atoms with Crippen LogP contribution in [0.4, 0.5) is 20.2 Å². The van der Waals surface area contributed by atoms with Crippen LogP contribution in [-0.2, 0) is 10.0 Å². The highest BCUT2D eigenvalue weighted by molar-refractivity contribution is 7.92. The minimum Gasteiger partial charge on any atom is -0.434 e. The molecule has 128 valence electrons. The number of hydrogen-bond donors (Lipinski definition) is 2. The second-order valence-corrected chi connectivity index (χ2v) is 6.53. The number of alkyl halides is 2. The van der Waals surface area contributed by atoms with Gasteiger partial charge in [-0.3, -0.25) is 9.52 Å². The van der Waals surface area contributed by atoms with E-state index in [2.05, 4.69) is 14.8 Å². The van der Waals surface area contributed by atoms with Crippen LogP contribution in [-0.4, -0.2) is 27.2 Å². The number of hydrogen-bond acceptors (Lipinski definition) is 4. The number of amides is 1. The zero-order valence-electron chi connectivity index (χ0n) is 12.5. The first-order chi connectivity index (χ1) is 11.2. The maximum Gasteiger partial charge on any atom is 0.387 e. The summed E-state index contributed by atoms with van der Waals surface area (Å²) in [6.45, 7) is -3.04. The van der Waals surface area contributed by atoms with Gasteiger partial charge in [-0.25, -0.2) is 8.42 Å². The number of anilines is 2. The number of carbonyl (C=O) groups is 1. The van der Waals surface area contributed by atoms with Crippen LogP contribution in [0.5, 0.6) is 5.75 Å². The van der Waals surface area contributed by atoms with Gasteiger partial charge in [-0.1, -0.05) is 12.1 Å². The number of benzene rings is 2. The Hall–Kier alpha value is -2.68. The van der Waals surface area contributed by atoms with E-state index in [1.165, 1.54) is 48.5 Å². The fourth-order valence-corrected chi connectivity index (χ4v) is 2.45. The molecule has 2 N–H and O–H groups in total. The van der Waals surface area contributed by atoms with Crippen LogP contribution in [0.15, 0.2) is 48.5 Å². The van der Waals surface area contributed by atoms with Gasteiger partial charge in [0, 0.05) is 11.4 Å². The van der Waals surface area contributed by atoms with Gasteiger partial charge in [-0.15, -0.1) is 0 Å². The predicted octanol–water partition coefficient (Wildman–Crippen LogP) is 2.91. The molecular formula is C15H14F2N2O4S. The van der Waals surface area contributed by atoms with Crippen molar-refractivity contribution in [2.75, 3.05) is 16.3 Å². The van der Waals surface area contributed by atoms with Crippen molar-refractivity contribution < 1.29 is 26.7 Å². The Morgan fingerprint density at radius 2 is 1.62 bits per heavy atom. The third-order valence-corrected chi connectivity index (χ3v) is 3.40. The fourth-order valence-electron chi connectivity index (χ4n) is 1.89. The van der Waals surface area contributed by atoms with Crippen molar-refractivity contribution in [3.63, 3.8) is 0 Å². The van der Waals surface area contributed by atoms with Crippen LogP contribution < -0.4 is 14.8 Å². The quantitative estimate of drug-likeness (QED) is 0.833. The summed E-state index contributed by atoms with van der Waals surface area (Å²) in [6, 6.07) is 11.5. The molecule has 0 atom stereocenters. The molecule has 0 saturated heterocycles. The monoisotopic (exact) mass is 356 g/mol. The molecule has 0 aliphatic heterocycles. The maximum absolute atomic E-state index is 12.4. The zero-order valence-corrected chi connectivity index (χ0v) is 13.3. The van der Waals surface area contributed by atoms with Crippen molar-refractivity contribution >= 4 is 27.3 Å². The topological polar surface area (TPSA) is 84.5 Å². The van der Waals surface area contributed by atoms with Crippen molar-refractivity contribution in [2.45, 2.75) is 6.61 Å². The van der Waals surface area contributed by atoms with E-state index in [4.69, 9.17) is 0 Å². The first kappa shape index (κ1) is 17.7. The average Bonchev–Trinajstić information content (AvgIpc) is 2.47. The molecule has 0 unspecified atom stereocenters. The molecule has 0 aliphatic rings. The Morgan fingerprint density at radius 1 is 1.04 bits per heavy atom. The maximum atomic E-state index is 12.4. The van der Waals surface area contributed by atoms with Gasteiger partial charge >= 0.3 is 6.61 Å². The highest BCUT2D eigenvalue weighted by atomic mass is 32.2. The lowest BCUT2D eigenvalue weighted by atomic mass is 10.2. The summed E-state index contributed by atoms with van der Waals surface area (Å²) in [5.74, 6) is -0.865. The SMILES string of the molecule is CS(=O)(=O)Nc1ccc(NC(=O)c2ccccc2OC(F)F)cc1. The molecule has 0 aliphatic carbocycles. The molecule has 0 heterocycles. The lowest BCUT2D eigenvalue weighted by Crippen LogP contribution is -2.15. The largest absolute Gasteiger partial charge is 0.434 e. The lowest BCUT2D eigenvalue weighted by molar-refractivity contribution is -0.0501. The standard InChI is InChI=1S/C15H14F2N2O4S/c1-24(21,22)19-11-8-6-10(7-9-11)18-14(20)12-4-2-3-5-13(12)23-15(16)17/h2-9,15,19H,1H3,(H,18,20). The van der Waals surface area contributed by atoms with Gasteiger partial charge in [-0.05, 0) is 36.4 Å². The summed E-state index contributed by atoms with van der Waals surface area (Å²) in [4.78, 5) is 12.2. The second-order valence-electron chi connectivity index (χ2n) is 4.78. The van der Waals surface area contributed by atoms with E-state index in [0.29, 0.717) is 11.4 Å². The van der Waals surface area contributed by atoms with Gasteiger partial charge in [0.15, 0.2) is 0 Å². The van der Waals surface area contributed by atoms with E-state index in [0.717, 1.165) is 6.26 Å². The van der Waals surface area contributed by atoms with E-state index < -0.39 is 22.5 Å². The molecule has 1 amide bonds. The smallest absolute Gasteiger partial charge is 0.387 e. The summed E-state index contributed by atoms with van der Waals surface area (Å²) < 4.78 is 53.5. The van der Waals surface area contributed by atoms with E-state index in [-0.39, 0.29) is 11.3 Å².